The molecule has 1 aliphatic heterocycles. The summed E-state index contributed by atoms with van der Waals surface area (Å²) in [5, 5.41) is 0. The molecule has 0 bridgehead atoms. The van der Waals surface area contributed by atoms with Crippen LogP contribution in [0.3, 0.4) is 0 Å². The van der Waals surface area contributed by atoms with Gasteiger partial charge >= 0.3 is 0 Å². The van der Waals surface area contributed by atoms with E-state index in [2.05, 4.69) is 11.8 Å². The van der Waals surface area contributed by atoms with Crippen molar-refractivity contribution in [3.8, 4) is 0 Å². The lowest BCUT2D eigenvalue weighted by Crippen LogP contribution is -2.40. The summed E-state index contributed by atoms with van der Waals surface area (Å²) in [7, 11) is 0. The molecule has 2 N–H and O–H groups in total. The first-order chi connectivity index (χ1) is 8.29. The second kappa shape index (κ2) is 6.22. The minimum absolute atomic E-state index is 0.112. The number of likely N-dealkylation sites (tertiary alicyclic amines) is 1. The molecule has 3 nitrogen and oxygen atoms in total. The van der Waals surface area contributed by atoms with E-state index in [0.29, 0.717) is 0 Å². The molecule has 1 fully saturated rings. The molecule has 3 heteroatoms. The van der Waals surface area contributed by atoms with Gasteiger partial charge in [0.25, 0.3) is 0 Å². The molecule has 2 atom stereocenters. The minimum Gasteiger partial charge on any atom is -0.468 e. The monoisotopic (exact) mass is 236 g/mol. The molecule has 17 heavy (non-hydrogen) atoms. The van der Waals surface area contributed by atoms with Crippen molar-refractivity contribution >= 4 is 0 Å². The first-order valence-corrected chi connectivity index (χ1v) is 6.82. The second-order valence-electron chi connectivity index (χ2n) is 5.12. The number of hydrogen-bond acceptors (Lipinski definition) is 3. The highest BCUT2D eigenvalue weighted by atomic mass is 16.3. The second-order valence-corrected chi connectivity index (χ2v) is 5.12. The Morgan fingerprint density at radius 2 is 1.82 bits per heavy atom. The molecule has 2 heterocycles. The maximum Gasteiger partial charge on any atom is 0.122 e. The topological polar surface area (TPSA) is 42.4 Å². The predicted molar refractivity (Wildman–Crippen MR) is 69.8 cm³/mol. The van der Waals surface area contributed by atoms with Crippen LogP contribution in [0.5, 0.6) is 0 Å². The van der Waals surface area contributed by atoms with Crippen LogP contribution in [-0.2, 0) is 0 Å². The van der Waals surface area contributed by atoms with Crippen molar-refractivity contribution in [1.82, 2.24) is 4.90 Å². The molecule has 1 aromatic heterocycles. The molecule has 0 radical (unpaired) electrons. The van der Waals surface area contributed by atoms with Crippen LogP contribution in [0.1, 0.15) is 50.8 Å². The Balaban J connectivity index is 2.08. The Labute approximate surface area is 104 Å². The predicted octanol–water partition coefficient (Wildman–Crippen LogP) is 2.93. The van der Waals surface area contributed by atoms with Crippen LogP contribution >= 0.6 is 0 Å². The molecular weight excluding hydrogens is 212 g/mol. The summed E-state index contributed by atoms with van der Waals surface area (Å²) >= 11 is 0. The Morgan fingerprint density at radius 3 is 2.35 bits per heavy atom. The minimum atomic E-state index is 0.112. The van der Waals surface area contributed by atoms with Gasteiger partial charge in [0.1, 0.15) is 5.76 Å². The van der Waals surface area contributed by atoms with Gasteiger partial charge in [0.05, 0.1) is 12.3 Å². The van der Waals surface area contributed by atoms with Crippen LogP contribution in [0.4, 0.5) is 0 Å². The third-order valence-corrected chi connectivity index (χ3v) is 3.62. The normalized spacial score (nSPS) is 22.7. The zero-order valence-corrected chi connectivity index (χ0v) is 10.8. The number of nitrogens with two attached hydrogens (primary N) is 1. The van der Waals surface area contributed by atoms with Crippen LogP contribution in [-0.4, -0.2) is 24.0 Å². The fraction of sp³-hybridized carbons (Fsp3) is 0.714. The Hall–Kier alpha value is -0.800. The van der Waals surface area contributed by atoms with Crippen molar-refractivity contribution in [1.29, 1.82) is 0 Å². The Bertz CT molecular complexity index is 300. The van der Waals surface area contributed by atoms with Gasteiger partial charge in [-0.15, -0.1) is 0 Å². The summed E-state index contributed by atoms with van der Waals surface area (Å²) < 4.78 is 5.56. The van der Waals surface area contributed by atoms with E-state index in [9.17, 15) is 0 Å². The maximum absolute atomic E-state index is 6.15. The molecule has 96 valence electrons. The Kier molecular flexibility index (Phi) is 4.63. The SMILES string of the molecule is CC(N)C(c1ccco1)N1CCCCCCC1. The third-order valence-electron chi connectivity index (χ3n) is 3.62. The van der Waals surface area contributed by atoms with Crippen molar-refractivity contribution in [3.05, 3.63) is 24.2 Å². The van der Waals surface area contributed by atoms with E-state index < -0.39 is 0 Å². The summed E-state index contributed by atoms with van der Waals surface area (Å²) in [6.45, 7) is 4.37. The van der Waals surface area contributed by atoms with Crippen LogP contribution < -0.4 is 5.73 Å². The lowest BCUT2D eigenvalue weighted by atomic mass is 10.0. The van der Waals surface area contributed by atoms with E-state index in [4.69, 9.17) is 10.2 Å². The highest BCUT2D eigenvalue weighted by molar-refractivity contribution is 5.07. The molecule has 0 aromatic carbocycles. The summed E-state index contributed by atoms with van der Waals surface area (Å²) in [4.78, 5) is 2.50. The van der Waals surface area contributed by atoms with Crippen LogP contribution in [0.15, 0.2) is 22.8 Å². The third kappa shape index (κ3) is 3.33. The van der Waals surface area contributed by atoms with Crippen molar-refractivity contribution in [2.24, 2.45) is 5.73 Å². The van der Waals surface area contributed by atoms with Gasteiger partial charge in [0.2, 0.25) is 0 Å². The highest BCUT2D eigenvalue weighted by Gasteiger charge is 2.26. The van der Waals surface area contributed by atoms with Crippen molar-refractivity contribution < 1.29 is 4.42 Å². The maximum atomic E-state index is 6.15. The number of furan rings is 1. The number of nitrogens with zero attached hydrogens (tertiary/aromatic N) is 1. The molecule has 0 spiro atoms. The molecule has 1 aliphatic rings. The van der Waals surface area contributed by atoms with Crippen LogP contribution in [0.25, 0.3) is 0 Å². The van der Waals surface area contributed by atoms with Gasteiger partial charge in [-0.05, 0) is 45.0 Å². The average Bonchev–Trinajstić information content (AvgIpc) is 2.74. The van der Waals surface area contributed by atoms with Gasteiger partial charge in [-0.3, -0.25) is 4.90 Å². The first-order valence-electron chi connectivity index (χ1n) is 6.82. The van der Waals surface area contributed by atoms with E-state index in [1.807, 2.05) is 12.1 Å². The molecule has 1 aromatic rings. The molecule has 0 aliphatic carbocycles. The fourth-order valence-corrected chi connectivity index (χ4v) is 2.78. The first kappa shape index (κ1) is 12.7. The summed E-state index contributed by atoms with van der Waals surface area (Å²) in [5.74, 6) is 1.01. The largest absolute Gasteiger partial charge is 0.468 e. The van der Waals surface area contributed by atoms with E-state index in [1.165, 1.54) is 32.1 Å². The molecule has 0 amide bonds. The van der Waals surface area contributed by atoms with Crippen molar-refractivity contribution in [2.45, 2.75) is 51.1 Å². The zero-order valence-electron chi connectivity index (χ0n) is 10.8. The van der Waals surface area contributed by atoms with Gasteiger partial charge in [0, 0.05) is 6.04 Å². The molecule has 2 rings (SSSR count). The fourth-order valence-electron chi connectivity index (χ4n) is 2.78. The molecule has 0 saturated carbocycles. The van der Waals surface area contributed by atoms with Gasteiger partial charge in [-0.2, -0.15) is 0 Å². The molecule has 1 saturated heterocycles. The average molecular weight is 236 g/mol. The van der Waals surface area contributed by atoms with E-state index in [1.54, 1.807) is 6.26 Å². The molecule has 2 unspecified atom stereocenters. The van der Waals surface area contributed by atoms with E-state index >= 15 is 0 Å². The highest BCUT2D eigenvalue weighted by Crippen LogP contribution is 2.26. The lowest BCUT2D eigenvalue weighted by molar-refractivity contribution is 0.142. The summed E-state index contributed by atoms with van der Waals surface area (Å²) in [5.41, 5.74) is 6.15. The lowest BCUT2D eigenvalue weighted by Gasteiger charge is -2.34. The van der Waals surface area contributed by atoms with Crippen LogP contribution in [0, 0.1) is 0 Å². The Morgan fingerprint density at radius 1 is 1.18 bits per heavy atom. The standard InChI is InChI=1S/C14H24N2O/c1-12(15)14(13-8-7-11-17-13)16-9-5-3-2-4-6-10-16/h7-8,11-12,14H,2-6,9-10,15H2,1H3. The smallest absolute Gasteiger partial charge is 0.122 e. The summed E-state index contributed by atoms with van der Waals surface area (Å²) in [6.07, 6.45) is 8.39. The van der Waals surface area contributed by atoms with Crippen molar-refractivity contribution in [2.75, 3.05) is 13.1 Å². The van der Waals surface area contributed by atoms with Crippen molar-refractivity contribution in [3.63, 3.8) is 0 Å². The van der Waals surface area contributed by atoms with E-state index in [-0.39, 0.29) is 12.1 Å². The zero-order chi connectivity index (χ0) is 12.1. The molecular formula is C14H24N2O. The quantitative estimate of drug-likeness (QED) is 0.877. The van der Waals surface area contributed by atoms with Gasteiger partial charge in [-0.1, -0.05) is 19.3 Å². The number of hydrogen-bond donors (Lipinski definition) is 1. The van der Waals surface area contributed by atoms with Gasteiger partial charge in [-0.25, -0.2) is 0 Å². The van der Waals surface area contributed by atoms with E-state index in [0.717, 1.165) is 18.8 Å². The van der Waals surface area contributed by atoms with Gasteiger partial charge < -0.3 is 10.2 Å². The van der Waals surface area contributed by atoms with Gasteiger partial charge in [0.15, 0.2) is 0 Å². The summed E-state index contributed by atoms with van der Waals surface area (Å²) in [6, 6.07) is 4.35. The number of rotatable bonds is 3. The van der Waals surface area contributed by atoms with Crippen LogP contribution in [0.2, 0.25) is 0 Å².